The number of benzene rings is 1. The number of fused-ring (bicyclic) bond motifs is 1. The monoisotopic (exact) mass is 404 g/mol. The molecule has 1 N–H and O–H groups in total. The Balaban J connectivity index is 1.33. The highest BCUT2D eigenvalue weighted by atomic mass is 19.4. The molecule has 0 radical (unpaired) electrons. The normalized spacial score (nSPS) is 17.1. The van der Waals surface area contributed by atoms with E-state index in [9.17, 15) is 18.0 Å². The fourth-order valence-electron chi connectivity index (χ4n) is 3.52. The van der Waals surface area contributed by atoms with Crippen LogP contribution in [0.3, 0.4) is 0 Å². The topological polar surface area (TPSA) is 71.3 Å². The summed E-state index contributed by atoms with van der Waals surface area (Å²) in [6.45, 7) is 2.94. The summed E-state index contributed by atoms with van der Waals surface area (Å²) >= 11 is 0. The molecule has 2 aromatic heterocycles. The van der Waals surface area contributed by atoms with Gasteiger partial charge in [-0.1, -0.05) is 6.07 Å². The average Bonchev–Trinajstić information content (AvgIpc) is 3.26. The summed E-state index contributed by atoms with van der Waals surface area (Å²) in [5.74, 6) is 0.465. The number of hydrogen-bond donors (Lipinski definition) is 1. The highest BCUT2D eigenvalue weighted by Gasteiger charge is 2.32. The number of hydrogen-bond acceptors (Lipinski definition) is 5. The first-order valence-electron chi connectivity index (χ1n) is 9.21. The second-order valence-corrected chi connectivity index (χ2v) is 7.11. The minimum atomic E-state index is -4.45. The van der Waals surface area contributed by atoms with E-state index in [2.05, 4.69) is 15.3 Å². The minimum Gasteiger partial charge on any atom is -0.441 e. The molecule has 3 heterocycles. The lowest BCUT2D eigenvalue weighted by atomic mass is 10.1. The van der Waals surface area contributed by atoms with Gasteiger partial charge in [0.05, 0.1) is 18.3 Å². The number of carbonyl (C=O) groups is 1. The third-order valence-corrected chi connectivity index (χ3v) is 4.88. The summed E-state index contributed by atoms with van der Waals surface area (Å²) in [4.78, 5) is 22.1. The summed E-state index contributed by atoms with van der Waals surface area (Å²) < 4.78 is 43.3. The summed E-state index contributed by atoms with van der Waals surface area (Å²) in [6.07, 6.45) is -2.29. The molecule has 1 atom stereocenters. The standard InChI is InChI=1S/C20H19F3N4O2/c1-12-25-16-8-13(2-4-17(16)29-12)9-19(28)26-14-6-7-27(11-14)15-3-5-18(24-10-15)20(21,22)23/h2-5,8,10,14H,6-7,9,11H2,1H3,(H,26,28)/t14-/m1/s1. The van der Waals surface area contributed by atoms with Gasteiger partial charge in [0.1, 0.15) is 11.2 Å². The molecule has 6 nitrogen and oxygen atoms in total. The first-order chi connectivity index (χ1) is 13.8. The van der Waals surface area contributed by atoms with Gasteiger partial charge in [0, 0.05) is 26.1 Å². The Labute approximate surface area is 164 Å². The van der Waals surface area contributed by atoms with Crippen molar-refractivity contribution in [3.8, 4) is 0 Å². The van der Waals surface area contributed by atoms with Crippen molar-refractivity contribution < 1.29 is 22.4 Å². The van der Waals surface area contributed by atoms with Crippen molar-refractivity contribution in [3.05, 3.63) is 53.7 Å². The smallest absolute Gasteiger partial charge is 0.433 e. The Morgan fingerprint density at radius 3 is 2.86 bits per heavy atom. The average molecular weight is 404 g/mol. The summed E-state index contributed by atoms with van der Waals surface area (Å²) in [7, 11) is 0. The van der Waals surface area contributed by atoms with Crippen LogP contribution in [0.15, 0.2) is 40.9 Å². The fraction of sp³-hybridized carbons (Fsp3) is 0.350. The van der Waals surface area contributed by atoms with Crippen LogP contribution in [0.25, 0.3) is 11.1 Å². The minimum absolute atomic E-state index is 0.0668. The molecule has 1 saturated heterocycles. The first kappa shape index (κ1) is 19.2. The lowest BCUT2D eigenvalue weighted by molar-refractivity contribution is -0.141. The van der Waals surface area contributed by atoms with Crippen molar-refractivity contribution >= 4 is 22.7 Å². The molecule has 3 aromatic rings. The Morgan fingerprint density at radius 1 is 1.31 bits per heavy atom. The number of alkyl halides is 3. The fourth-order valence-corrected chi connectivity index (χ4v) is 3.52. The summed E-state index contributed by atoms with van der Waals surface area (Å²) in [5.41, 5.74) is 1.94. The molecule has 0 aliphatic carbocycles. The van der Waals surface area contributed by atoms with Crippen LogP contribution in [-0.2, 0) is 17.4 Å². The van der Waals surface area contributed by atoms with E-state index in [-0.39, 0.29) is 18.4 Å². The number of carbonyl (C=O) groups excluding carboxylic acids is 1. The number of anilines is 1. The second-order valence-electron chi connectivity index (χ2n) is 7.11. The van der Waals surface area contributed by atoms with Gasteiger partial charge in [0.15, 0.2) is 11.5 Å². The maximum atomic E-state index is 12.6. The maximum absolute atomic E-state index is 12.6. The third kappa shape index (κ3) is 4.33. The number of oxazole rings is 1. The Bertz CT molecular complexity index is 1030. The van der Waals surface area contributed by atoms with Gasteiger partial charge in [-0.2, -0.15) is 13.2 Å². The van der Waals surface area contributed by atoms with Crippen molar-refractivity contribution in [2.45, 2.75) is 32.0 Å². The van der Waals surface area contributed by atoms with Crippen LogP contribution in [-0.4, -0.2) is 35.0 Å². The molecule has 1 aromatic carbocycles. The number of nitrogens with zero attached hydrogens (tertiary/aromatic N) is 3. The van der Waals surface area contributed by atoms with Crippen LogP contribution < -0.4 is 10.2 Å². The number of halogens is 3. The number of rotatable bonds is 4. The van der Waals surface area contributed by atoms with Crippen LogP contribution in [0.2, 0.25) is 0 Å². The molecular weight excluding hydrogens is 385 g/mol. The molecule has 0 saturated carbocycles. The molecule has 0 bridgehead atoms. The number of pyridine rings is 1. The van der Waals surface area contributed by atoms with E-state index in [1.54, 1.807) is 13.0 Å². The van der Waals surface area contributed by atoms with Gasteiger partial charge in [0.2, 0.25) is 5.91 Å². The van der Waals surface area contributed by atoms with Crippen LogP contribution in [0.4, 0.5) is 18.9 Å². The molecule has 0 spiro atoms. The van der Waals surface area contributed by atoms with Gasteiger partial charge in [-0.25, -0.2) is 9.97 Å². The lowest BCUT2D eigenvalue weighted by Gasteiger charge is -2.19. The first-order valence-corrected chi connectivity index (χ1v) is 9.21. The predicted molar refractivity (Wildman–Crippen MR) is 100 cm³/mol. The van der Waals surface area contributed by atoms with Gasteiger partial charge in [-0.15, -0.1) is 0 Å². The predicted octanol–water partition coefficient (Wildman–Crippen LogP) is 3.49. The molecule has 0 unspecified atom stereocenters. The van der Waals surface area contributed by atoms with Crippen molar-refractivity contribution in [2.24, 2.45) is 0 Å². The molecule has 29 heavy (non-hydrogen) atoms. The number of amides is 1. The number of aryl methyl sites for hydroxylation is 1. The zero-order valence-electron chi connectivity index (χ0n) is 15.7. The van der Waals surface area contributed by atoms with Crippen LogP contribution >= 0.6 is 0 Å². The van der Waals surface area contributed by atoms with Crippen molar-refractivity contribution in [2.75, 3.05) is 18.0 Å². The van der Waals surface area contributed by atoms with Crippen molar-refractivity contribution in [1.82, 2.24) is 15.3 Å². The zero-order chi connectivity index (χ0) is 20.6. The lowest BCUT2D eigenvalue weighted by Crippen LogP contribution is -2.38. The van der Waals surface area contributed by atoms with Crippen LogP contribution in [0.5, 0.6) is 0 Å². The molecule has 152 valence electrons. The quantitative estimate of drug-likeness (QED) is 0.721. The highest BCUT2D eigenvalue weighted by molar-refractivity contribution is 5.81. The second kappa shape index (κ2) is 7.38. The Kier molecular flexibility index (Phi) is 4.89. The third-order valence-electron chi connectivity index (χ3n) is 4.88. The van der Waals surface area contributed by atoms with Crippen LogP contribution in [0, 0.1) is 6.92 Å². The summed E-state index contributed by atoms with van der Waals surface area (Å²) in [5, 5.41) is 2.99. The van der Waals surface area contributed by atoms with Gasteiger partial charge in [-0.05, 0) is 36.2 Å². The number of aromatic nitrogens is 2. The Morgan fingerprint density at radius 2 is 2.14 bits per heavy atom. The van der Waals surface area contributed by atoms with Gasteiger partial charge in [0.25, 0.3) is 0 Å². The molecule has 1 aliphatic heterocycles. The van der Waals surface area contributed by atoms with Gasteiger partial charge in [-0.3, -0.25) is 4.79 Å². The van der Waals surface area contributed by atoms with E-state index in [0.29, 0.717) is 36.7 Å². The Hall–Kier alpha value is -3.10. The molecule has 1 fully saturated rings. The van der Waals surface area contributed by atoms with E-state index < -0.39 is 11.9 Å². The van der Waals surface area contributed by atoms with Gasteiger partial charge < -0.3 is 14.6 Å². The molecule has 1 aliphatic rings. The molecular formula is C20H19F3N4O2. The van der Waals surface area contributed by atoms with E-state index in [1.165, 1.54) is 12.3 Å². The summed E-state index contributed by atoms with van der Waals surface area (Å²) in [6, 6.07) is 7.79. The van der Waals surface area contributed by atoms with E-state index in [0.717, 1.165) is 17.1 Å². The number of nitrogens with one attached hydrogen (secondary N) is 1. The van der Waals surface area contributed by atoms with Gasteiger partial charge >= 0.3 is 6.18 Å². The van der Waals surface area contributed by atoms with E-state index >= 15 is 0 Å². The maximum Gasteiger partial charge on any atom is 0.433 e. The van der Waals surface area contributed by atoms with E-state index in [1.807, 2.05) is 17.0 Å². The van der Waals surface area contributed by atoms with Crippen molar-refractivity contribution in [1.29, 1.82) is 0 Å². The molecule has 4 rings (SSSR count). The van der Waals surface area contributed by atoms with E-state index in [4.69, 9.17) is 4.42 Å². The molecule has 1 amide bonds. The SMILES string of the molecule is Cc1nc2cc(CC(=O)N[C@@H]3CCN(c4ccc(C(F)(F)F)nc4)C3)ccc2o1. The highest BCUT2D eigenvalue weighted by Crippen LogP contribution is 2.29. The largest absolute Gasteiger partial charge is 0.441 e. The van der Waals surface area contributed by atoms with Crippen molar-refractivity contribution in [3.63, 3.8) is 0 Å². The van der Waals surface area contributed by atoms with Crippen LogP contribution in [0.1, 0.15) is 23.6 Å². The molecule has 9 heteroatoms. The zero-order valence-corrected chi connectivity index (χ0v) is 15.7.